The number of ether oxygens (including phenoxy) is 3. The smallest absolute Gasteiger partial charge is 0.338 e. The standard InChI is InChI=1S/C25H25NO6S/c1-15-19(26-24(32-15)16-7-5-4-6-8-16)11-13-31-20-10-9-18(23-17(20)12-14-33-23)21(27)22(29-2)25(28)30-3/h4-10,12,14,21-22,27H,11,13H2,1-3H3/i1D3. The Kier molecular flexibility index (Phi) is 5.94. The maximum atomic E-state index is 12.0. The number of aliphatic hydroxyl groups excluding tert-OH is 1. The van der Waals surface area contributed by atoms with E-state index in [2.05, 4.69) is 4.98 Å². The summed E-state index contributed by atoms with van der Waals surface area (Å²) in [6.07, 6.45) is -2.18. The lowest BCUT2D eigenvalue weighted by Gasteiger charge is -2.20. The lowest BCUT2D eigenvalue weighted by molar-refractivity contribution is -0.159. The van der Waals surface area contributed by atoms with Gasteiger partial charge in [0.2, 0.25) is 5.89 Å². The number of esters is 1. The number of methoxy groups -OCH3 is 2. The van der Waals surface area contributed by atoms with Gasteiger partial charge in [-0.25, -0.2) is 9.78 Å². The molecule has 2 unspecified atom stereocenters. The molecule has 7 nitrogen and oxygen atoms in total. The number of aromatic nitrogens is 1. The van der Waals surface area contributed by atoms with E-state index in [1.165, 1.54) is 25.6 Å². The van der Waals surface area contributed by atoms with Crippen LogP contribution in [-0.2, 0) is 20.7 Å². The summed E-state index contributed by atoms with van der Waals surface area (Å²) in [7, 11) is 2.56. The van der Waals surface area contributed by atoms with Crippen molar-refractivity contribution in [3.8, 4) is 17.2 Å². The predicted molar refractivity (Wildman–Crippen MR) is 125 cm³/mol. The first-order valence-electron chi connectivity index (χ1n) is 11.7. The predicted octanol–water partition coefficient (Wildman–Crippen LogP) is 4.71. The van der Waals surface area contributed by atoms with Gasteiger partial charge in [-0.2, -0.15) is 0 Å². The third-order valence-corrected chi connectivity index (χ3v) is 6.18. The highest BCUT2D eigenvalue weighted by molar-refractivity contribution is 7.17. The van der Waals surface area contributed by atoms with Crippen LogP contribution in [0.4, 0.5) is 0 Å². The topological polar surface area (TPSA) is 91.0 Å². The van der Waals surface area contributed by atoms with Crippen molar-refractivity contribution in [3.05, 3.63) is 70.9 Å². The van der Waals surface area contributed by atoms with Crippen LogP contribution in [0.15, 0.2) is 58.3 Å². The second-order valence-corrected chi connectivity index (χ2v) is 8.12. The van der Waals surface area contributed by atoms with Gasteiger partial charge in [-0.3, -0.25) is 0 Å². The Labute approximate surface area is 199 Å². The molecule has 0 amide bonds. The molecule has 0 radical (unpaired) electrons. The van der Waals surface area contributed by atoms with E-state index in [4.69, 9.17) is 22.7 Å². The van der Waals surface area contributed by atoms with Crippen molar-refractivity contribution >= 4 is 27.4 Å². The molecule has 2 aromatic carbocycles. The van der Waals surface area contributed by atoms with E-state index in [9.17, 15) is 9.90 Å². The summed E-state index contributed by atoms with van der Waals surface area (Å²) in [4.78, 5) is 16.4. The molecule has 0 aliphatic carbocycles. The van der Waals surface area contributed by atoms with E-state index in [0.29, 0.717) is 22.6 Å². The number of benzene rings is 2. The van der Waals surface area contributed by atoms with Crippen molar-refractivity contribution < 1.29 is 32.6 Å². The first kappa shape index (κ1) is 19.3. The van der Waals surface area contributed by atoms with Crippen molar-refractivity contribution in [1.82, 2.24) is 4.98 Å². The van der Waals surface area contributed by atoms with Crippen LogP contribution < -0.4 is 4.74 Å². The van der Waals surface area contributed by atoms with E-state index < -0.39 is 25.0 Å². The monoisotopic (exact) mass is 470 g/mol. The zero-order valence-corrected chi connectivity index (χ0v) is 18.9. The molecule has 0 bridgehead atoms. The van der Waals surface area contributed by atoms with Gasteiger partial charge in [-0.15, -0.1) is 11.3 Å². The van der Waals surface area contributed by atoms with E-state index in [1.807, 2.05) is 29.6 Å². The summed E-state index contributed by atoms with van der Waals surface area (Å²) in [5.74, 6) is -0.0369. The van der Waals surface area contributed by atoms with Crippen LogP contribution in [0.3, 0.4) is 0 Å². The fourth-order valence-corrected chi connectivity index (χ4v) is 4.49. The number of carbonyl (C=O) groups excluding carboxylic acids is 1. The Morgan fingerprint density at radius 2 is 2.03 bits per heavy atom. The molecule has 4 aromatic rings. The van der Waals surface area contributed by atoms with Gasteiger partial charge in [0, 0.05) is 38.9 Å². The maximum absolute atomic E-state index is 12.0. The van der Waals surface area contributed by atoms with Crippen LogP contribution in [0.2, 0.25) is 0 Å². The van der Waals surface area contributed by atoms with Gasteiger partial charge in [0.25, 0.3) is 0 Å². The number of aliphatic hydroxyl groups is 1. The fourth-order valence-electron chi connectivity index (χ4n) is 3.53. The zero-order valence-electron chi connectivity index (χ0n) is 21.1. The van der Waals surface area contributed by atoms with Crippen molar-refractivity contribution in [2.45, 2.75) is 25.5 Å². The lowest BCUT2D eigenvalue weighted by atomic mass is 10.0. The molecule has 0 saturated carbocycles. The second-order valence-electron chi connectivity index (χ2n) is 7.20. The largest absolute Gasteiger partial charge is 0.493 e. The fraction of sp³-hybridized carbons (Fsp3) is 0.280. The molecule has 0 aliphatic heterocycles. The summed E-state index contributed by atoms with van der Waals surface area (Å²) in [5, 5.41) is 13.4. The third-order valence-electron chi connectivity index (χ3n) is 5.21. The average molecular weight is 471 g/mol. The SMILES string of the molecule is [2H]C([2H])([2H])c1oc(-c2ccccc2)nc1CCOc1ccc(C(O)C(OC)C(=O)OC)c2sccc12. The highest BCUT2D eigenvalue weighted by Gasteiger charge is 2.30. The first-order valence-corrected chi connectivity index (χ1v) is 11.1. The number of nitrogens with zero attached hydrogens (tertiary/aromatic N) is 1. The second kappa shape index (κ2) is 10.2. The van der Waals surface area contributed by atoms with Crippen LogP contribution in [0.25, 0.3) is 21.5 Å². The molecule has 0 aliphatic rings. The molecule has 2 aromatic heterocycles. The van der Waals surface area contributed by atoms with Gasteiger partial charge >= 0.3 is 5.97 Å². The highest BCUT2D eigenvalue weighted by Crippen LogP contribution is 2.37. The number of rotatable bonds is 9. The van der Waals surface area contributed by atoms with E-state index in [-0.39, 0.29) is 24.7 Å². The molecule has 0 spiro atoms. The van der Waals surface area contributed by atoms with Crippen molar-refractivity contribution in [2.24, 2.45) is 0 Å². The molecule has 4 rings (SSSR count). The van der Waals surface area contributed by atoms with Crippen molar-refractivity contribution in [3.63, 3.8) is 0 Å². The molecule has 0 saturated heterocycles. The van der Waals surface area contributed by atoms with Gasteiger partial charge in [-0.1, -0.05) is 24.3 Å². The molecule has 172 valence electrons. The summed E-state index contributed by atoms with van der Waals surface area (Å²) >= 11 is 1.39. The Morgan fingerprint density at radius 3 is 2.76 bits per heavy atom. The quantitative estimate of drug-likeness (QED) is 0.354. The molecule has 33 heavy (non-hydrogen) atoms. The molecule has 2 atom stereocenters. The average Bonchev–Trinajstić information content (AvgIpc) is 3.53. The maximum Gasteiger partial charge on any atom is 0.338 e. The number of hydrogen-bond donors (Lipinski definition) is 1. The van der Waals surface area contributed by atoms with Gasteiger partial charge in [0.15, 0.2) is 6.10 Å². The lowest BCUT2D eigenvalue weighted by Crippen LogP contribution is -2.31. The van der Waals surface area contributed by atoms with Gasteiger partial charge in [-0.05, 0) is 36.5 Å². The van der Waals surface area contributed by atoms with Gasteiger partial charge < -0.3 is 23.7 Å². The minimum Gasteiger partial charge on any atom is -0.493 e. The zero-order chi connectivity index (χ0) is 25.9. The van der Waals surface area contributed by atoms with Crippen LogP contribution in [0.1, 0.15) is 27.2 Å². The van der Waals surface area contributed by atoms with Gasteiger partial charge in [0.1, 0.15) is 17.6 Å². The molecule has 1 N–H and O–H groups in total. The van der Waals surface area contributed by atoms with E-state index in [0.717, 1.165) is 10.1 Å². The van der Waals surface area contributed by atoms with Crippen LogP contribution in [0, 0.1) is 6.85 Å². The normalized spacial score (nSPS) is 14.8. The molecule has 2 heterocycles. The Morgan fingerprint density at radius 1 is 1.21 bits per heavy atom. The van der Waals surface area contributed by atoms with Gasteiger partial charge in [0.05, 0.1) is 19.4 Å². The van der Waals surface area contributed by atoms with Crippen LogP contribution in [-0.4, -0.2) is 43.0 Å². The summed E-state index contributed by atoms with van der Waals surface area (Å²) in [6, 6.07) is 14.3. The molecule has 0 fully saturated rings. The molecular formula is C25H25NO6S. The molecular weight excluding hydrogens is 442 g/mol. The number of oxazole rings is 1. The van der Waals surface area contributed by atoms with E-state index in [1.54, 1.807) is 24.3 Å². The summed E-state index contributed by atoms with van der Waals surface area (Å²) in [5.41, 5.74) is 1.51. The highest BCUT2D eigenvalue weighted by atomic mass is 32.1. The minimum atomic E-state index is -2.45. The van der Waals surface area contributed by atoms with E-state index >= 15 is 0 Å². The number of hydrogen-bond acceptors (Lipinski definition) is 8. The summed E-state index contributed by atoms with van der Waals surface area (Å²) < 4.78 is 45.7. The van der Waals surface area contributed by atoms with Crippen LogP contribution >= 0.6 is 11.3 Å². The number of thiophene rings is 1. The van der Waals surface area contributed by atoms with Crippen LogP contribution in [0.5, 0.6) is 5.75 Å². The Bertz CT molecular complexity index is 1330. The Hall–Kier alpha value is -3.20. The number of aryl methyl sites for hydroxylation is 1. The number of fused-ring (bicyclic) bond motifs is 1. The van der Waals surface area contributed by atoms with Crippen molar-refractivity contribution in [2.75, 3.05) is 20.8 Å². The third kappa shape index (κ3) is 4.78. The molecule has 8 heteroatoms. The Balaban J connectivity index is 1.54. The van der Waals surface area contributed by atoms with Crippen molar-refractivity contribution in [1.29, 1.82) is 0 Å². The minimum absolute atomic E-state index is 0.152. The summed E-state index contributed by atoms with van der Waals surface area (Å²) in [6.45, 7) is -2.30. The first-order chi connectivity index (χ1) is 17.2. The number of carbonyl (C=O) groups is 1.